The van der Waals surface area contributed by atoms with E-state index in [1.807, 2.05) is 12.1 Å². The van der Waals surface area contributed by atoms with Crippen molar-refractivity contribution >= 4 is 64.5 Å². The van der Waals surface area contributed by atoms with Crippen LogP contribution in [0.2, 0.25) is 2.82 Å². The molecule has 0 amide bonds. The number of nitrogens with two attached hydrogens (primary N) is 2. The van der Waals surface area contributed by atoms with Gasteiger partial charge in [0.15, 0.2) is 0 Å². The van der Waals surface area contributed by atoms with Crippen molar-refractivity contribution in [1.29, 1.82) is 11.0 Å². The Bertz CT molecular complexity index is 2500. The number of benzene rings is 6. The fourth-order valence-corrected chi connectivity index (χ4v) is 8.08. The van der Waals surface area contributed by atoms with Gasteiger partial charge in [0.05, 0.1) is 11.4 Å². The van der Waals surface area contributed by atoms with Gasteiger partial charge in [-0.15, -0.1) is 0 Å². The number of rotatable bonds is 7. The minimum atomic E-state index is -4.91. The normalized spacial score (nSPS) is 13.1. The Morgan fingerprint density at radius 1 is 0.604 bits per heavy atom. The topological polar surface area (TPSA) is 233 Å². The van der Waals surface area contributed by atoms with E-state index in [2.05, 4.69) is 21.3 Å². The van der Waals surface area contributed by atoms with Crippen LogP contribution in [0.25, 0.3) is 54.9 Å². The van der Waals surface area contributed by atoms with Gasteiger partial charge < -0.3 is 11.5 Å². The molecule has 8 N–H and O–H groups in total. The van der Waals surface area contributed by atoms with Gasteiger partial charge in [0.25, 0.3) is 20.2 Å². The molecular weight excluding hydrogens is 653 g/mol. The van der Waals surface area contributed by atoms with Crippen molar-refractivity contribution in [2.45, 2.75) is 23.6 Å². The lowest BCUT2D eigenvalue weighted by Crippen LogP contribution is -2.06. The maximum atomic E-state index is 12.8. The Morgan fingerprint density at radius 3 is 1.27 bits per heavy atom. The van der Waals surface area contributed by atoms with Crippen molar-refractivity contribution < 1.29 is 28.8 Å². The summed E-state index contributed by atoms with van der Waals surface area (Å²) in [5.41, 5.74) is 21.6. The number of hydrogen-bond acceptors (Lipinski definition) is 10. The monoisotopic (exact) mass is 680 g/mol. The largest absolute Gasteiger partial charge is 0.396 e. The number of fused-ring (bicyclic) bond motifs is 2. The van der Waals surface area contributed by atoms with E-state index in [0.29, 0.717) is 43.8 Å². The van der Waals surface area contributed by atoms with Gasteiger partial charge in [-0.05, 0) is 58.0 Å². The van der Waals surface area contributed by atoms with E-state index in [1.54, 1.807) is 86.6 Å². The van der Waals surface area contributed by atoms with Gasteiger partial charge in [-0.1, -0.05) is 84.9 Å². The summed E-state index contributed by atoms with van der Waals surface area (Å²) in [6.45, 7) is 3.54. The molecule has 6 rings (SSSR count). The highest BCUT2D eigenvalue weighted by atomic mass is 32.2. The first-order valence-corrected chi connectivity index (χ1v) is 17.1. The average molecular weight is 681 g/mol. The fourth-order valence-electron chi connectivity index (χ4n) is 6.34. The SMILES string of the molecule is [H]/N=N/c1c(S(=O)(=O)O)c(-c2ccc(-c3ccc(-c4c(S(=O)(=O)O)c(/N=N/[H])c(N)c5ccccc45)c(C)c3)cc2C)c2ccccc2c1N. The minimum absolute atomic E-state index is 0.0567. The first kappa shape index (κ1) is 29.8. The Labute approximate surface area is 278 Å². The number of nitrogens with one attached hydrogen (secondary N) is 2. The predicted octanol–water partition coefficient (Wildman–Crippen LogP) is 8.59. The van der Waals surface area contributed by atoms with E-state index < -0.39 is 30.0 Å². The van der Waals surface area contributed by atoms with Crippen molar-refractivity contribution in [2.24, 2.45) is 10.2 Å². The lowest BCUT2D eigenvalue weighted by Gasteiger charge is -2.19. The quantitative estimate of drug-likeness (QED) is 0.0541. The molecule has 0 aliphatic carbocycles. The second-order valence-corrected chi connectivity index (χ2v) is 14.0. The smallest absolute Gasteiger partial charge is 0.297 e. The fraction of sp³-hybridized carbons (Fsp3) is 0.0588. The number of aryl methyl sites for hydroxylation is 2. The van der Waals surface area contributed by atoms with Crippen molar-refractivity contribution in [1.82, 2.24) is 0 Å². The van der Waals surface area contributed by atoms with Gasteiger partial charge in [0.2, 0.25) is 2.82 Å². The highest BCUT2D eigenvalue weighted by Crippen LogP contribution is 2.48. The summed E-state index contributed by atoms with van der Waals surface area (Å²) in [6.07, 6.45) is 0. The molecule has 0 saturated carbocycles. The molecule has 0 aromatic heterocycles. The molecule has 6 aromatic rings. The Kier molecular flexibility index (Phi) is 7.22. The van der Waals surface area contributed by atoms with Crippen molar-refractivity contribution in [3.05, 3.63) is 96.1 Å². The zero-order valence-corrected chi connectivity index (χ0v) is 27.0. The molecule has 0 unspecified atom stereocenters. The van der Waals surface area contributed by atoms with Crippen LogP contribution in [-0.2, 0) is 20.2 Å². The standard InChI is InChI=1S/C34H28N6O6S2/c1-17-15-19(11-13-21(17)27-23-7-3-5-9-25(23)29(35)31(39-37)33(27)47(41,42)43)20-12-14-22(18(2)16-20)28-24-8-4-6-10-26(24)30(36)32(40-38)34(28)48(44,45)46/h3-16,37-38H,35-36H2,1-2H3,(H,41,42,43)(H,44,45,46)/b39-37+,40-38+. The third kappa shape index (κ3) is 5.16. The van der Waals surface area contributed by atoms with E-state index >= 15 is 0 Å². The Balaban J connectivity index is 1.56. The third-order valence-corrected chi connectivity index (χ3v) is 10.2. The molecule has 14 heteroatoms. The molecule has 0 radical (unpaired) electrons. The molecule has 0 atom stereocenters. The summed E-state index contributed by atoms with van der Waals surface area (Å²) < 4.78 is 86.5. The highest BCUT2D eigenvalue weighted by Gasteiger charge is 2.30. The van der Waals surface area contributed by atoms with Gasteiger partial charge in [-0.3, -0.25) is 9.11 Å². The molecule has 242 valence electrons. The molecule has 6 aromatic carbocycles. The highest BCUT2D eigenvalue weighted by molar-refractivity contribution is 7.86. The van der Waals surface area contributed by atoms with Gasteiger partial charge in [-0.25, -0.2) is 11.0 Å². The van der Waals surface area contributed by atoms with E-state index in [9.17, 15) is 25.9 Å². The zero-order chi connectivity index (χ0) is 36.1. The van der Waals surface area contributed by atoms with E-state index in [1.165, 1.54) is 0 Å². The second-order valence-electron chi connectivity index (χ2n) is 11.2. The lowest BCUT2D eigenvalue weighted by molar-refractivity contribution is 0.481. The molecule has 0 heterocycles. The number of anilines is 2. The first-order chi connectivity index (χ1) is 23.7. The van der Waals surface area contributed by atoms with Crippen molar-refractivity contribution in [2.75, 3.05) is 11.5 Å². The Hall–Kier alpha value is -5.54. The maximum absolute atomic E-state index is 12.8. The van der Waals surface area contributed by atoms with Crippen LogP contribution >= 0.6 is 0 Å². The van der Waals surface area contributed by atoms with Crippen LogP contribution in [0.4, 0.5) is 22.7 Å². The molecule has 0 saturated heterocycles. The number of nitrogen functional groups attached to an aromatic ring is 2. The van der Waals surface area contributed by atoms with Crippen molar-refractivity contribution in [3.8, 4) is 33.4 Å². The Morgan fingerprint density at radius 2 is 0.958 bits per heavy atom. The van der Waals surface area contributed by atoms with E-state index in [-0.39, 0.29) is 33.9 Å². The molecule has 0 aliphatic heterocycles. The van der Waals surface area contributed by atoms with Crippen LogP contribution in [0, 0.1) is 24.9 Å². The summed E-state index contributed by atoms with van der Waals surface area (Å²) in [6, 6.07) is 24.1. The molecular formula is C34H28N6O6S2. The van der Waals surface area contributed by atoms with E-state index in [0.717, 1.165) is 11.1 Å². The van der Waals surface area contributed by atoms with Gasteiger partial charge >= 0.3 is 0 Å². The summed E-state index contributed by atoms with van der Waals surface area (Å²) in [5, 5.41) is 9.10. The summed E-state index contributed by atoms with van der Waals surface area (Å²) in [5.74, 6) is 0. The average Bonchev–Trinajstić information content (AvgIpc) is 3.06. The van der Waals surface area contributed by atoms with Crippen LogP contribution in [0.15, 0.2) is 105 Å². The summed E-state index contributed by atoms with van der Waals surface area (Å²) in [7, 11) is -9.82. The van der Waals surface area contributed by atoms with E-state index in [4.69, 9.17) is 14.3 Å². The molecule has 0 fully saturated rings. The molecule has 0 bridgehead atoms. The van der Waals surface area contributed by atoms with Crippen LogP contribution in [0.1, 0.15) is 11.1 Å². The van der Waals surface area contributed by atoms with Crippen molar-refractivity contribution in [3.63, 3.8) is 0 Å². The summed E-state index contributed by atoms with van der Waals surface area (Å²) >= 11 is 0. The maximum Gasteiger partial charge on any atom is 0.297 e. The first-order valence-electron chi connectivity index (χ1n) is 15.1. The number of hydrogen-bond donors (Lipinski definition) is 6. The van der Waals surface area contributed by atoms with Gasteiger partial charge in [0.1, 0.15) is 21.2 Å². The molecule has 48 heavy (non-hydrogen) atoms. The van der Waals surface area contributed by atoms with Gasteiger partial charge in [-0.2, -0.15) is 27.1 Å². The van der Waals surface area contributed by atoms with Gasteiger partial charge in [0, 0.05) is 21.9 Å². The molecule has 0 spiro atoms. The lowest BCUT2D eigenvalue weighted by atomic mass is 9.89. The number of nitrogens with zero attached hydrogens (tertiary/aromatic N) is 2. The molecule has 12 nitrogen and oxygen atoms in total. The zero-order valence-electron chi connectivity index (χ0n) is 27.4. The predicted molar refractivity (Wildman–Crippen MR) is 185 cm³/mol. The third-order valence-electron chi connectivity index (χ3n) is 8.41. The van der Waals surface area contributed by atoms with Crippen LogP contribution in [0.5, 0.6) is 0 Å². The summed E-state index contributed by atoms with van der Waals surface area (Å²) in [4.78, 5) is -1.15. The van der Waals surface area contributed by atoms with Crippen LogP contribution in [0.3, 0.4) is 0 Å². The minimum Gasteiger partial charge on any atom is -0.396 e. The molecule has 0 aliphatic rings. The second kappa shape index (κ2) is 11.6. The van der Waals surface area contributed by atoms with Crippen LogP contribution < -0.4 is 11.5 Å². The van der Waals surface area contributed by atoms with Crippen LogP contribution in [-0.4, -0.2) is 25.9 Å².